The first-order valence-electron chi connectivity index (χ1n) is 9.30. The quantitative estimate of drug-likeness (QED) is 0.671. The fourth-order valence-electron chi connectivity index (χ4n) is 3.02. The third-order valence-corrected chi connectivity index (χ3v) is 5.41. The van der Waals surface area contributed by atoms with E-state index in [0.29, 0.717) is 19.6 Å². The molecule has 1 saturated carbocycles. The molecule has 3 rings (SSSR count). The van der Waals surface area contributed by atoms with Crippen LogP contribution in [0.4, 0.5) is 0 Å². The average molecular weight is 371 g/mol. The lowest BCUT2D eigenvalue weighted by Gasteiger charge is -2.27. The summed E-state index contributed by atoms with van der Waals surface area (Å²) in [5.74, 6) is 0.315. The van der Waals surface area contributed by atoms with Gasteiger partial charge in [-0.05, 0) is 36.3 Å². The lowest BCUT2D eigenvalue weighted by molar-refractivity contribution is -0.142. The third kappa shape index (κ3) is 5.18. The minimum atomic E-state index is 0.0182. The van der Waals surface area contributed by atoms with Gasteiger partial charge in [-0.2, -0.15) is 0 Å². The van der Waals surface area contributed by atoms with E-state index in [9.17, 15) is 9.59 Å². The van der Waals surface area contributed by atoms with Crippen LogP contribution >= 0.6 is 11.3 Å². The Hall–Kier alpha value is -2.14. The first-order valence-corrected chi connectivity index (χ1v) is 10.2. The summed E-state index contributed by atoms with van der Waals surface area (Å²) in [5.41, 5.74) is 1.10. The Morgan fingerprint density at radius 3 is 2.42 bits per heavy atom. The van der Waals surface area contributed by atoms with Crippen molar-refractivity contribution < 1.29 is 9.59 Å². The van der Waals surface area contributed by atoms with Gasteiger partial charge in [0.05, 0.1) is 13.1 Å². The van der Waals surface area contributed by atoms with Gasteiger partial charge in [0, 0.05) is 23.9 Å². The summed E-state index contributed by atoms with van der Waals surface area (Å²) >= 11 is 1.66. The van der Waals surface area contributed by atoms with Gasteiger partial charge in [-0.1, -0.05) is 43.3 Å². The molecule has 5 heteroatoms. The van der Waals surface area contributed by atoms with E-state index in [1.807, 2.05) is 53.6 Å². The van der Waals surface area contributed by atoms with E-state index in [1.54, 1.807) is 16.2 Å². The second-order valence-corrected chi connectivity index (χ2v) is 7.88. The molecule has 0 unspecified atom stereocenters. The maximum Gasteiger partial charge on any atom is 0.242 e. The largest absolute Gasteiger partial charge is 0.333 e. The number of thiophene rings is 1. The van der Waals surface area contributed by atoms with Crippen LogP contribution in [0.2, 0.25) is 0 Å². The molecule has 2 aromatic rings. The summed E-state index contributed by atoms with van der Waals surface area (Å²) in [6.07, 6.45) is 2.81. The predicted octanol–water partition coefficient (Wildman–Crippen LogP) is 3.93. The van der Waals surface area contributed by atoms with E-state index in [-0.39, 0.29) is 24.3 Å². The number of rotatable bonds is 9. The fourth-order valence-corrected chi connectivity index (χ4v) is 3.73. The molecule has 0 aliphatic heterocycles. The zero-order chi connectivity index (χ0) is 18.4. The number of carbonyl (C=O) groups is 2. The number of nitrogens with zero attached hydrogens (tertiary/aromatic N) is 2. The molecule has 1 fully saturated rings. The fraction of sp³-hybridized carbons (Fsp3) is 0.429. The molecule has 0 saturated heterocycles. The van der Waals surface area contributed by atoms with Crippen LogP contribution in [0, 0.1) is 5.92 Å². The van der Waals surface area contributed by atoms with Crippen molar-refractivity contribution in [2.45, 2.75) is 39.3 Å². The Morgan fingerprint density at radius 2 is 1.81 bits per heavy atom. The first-order chi connectivity index (χ1) is 12.7. The predicted molar refractivity (Wildman–Crippen MR) is 105 cm³/mol. The molecule has 4 nitrogen and oxygen atoms in total. The average Bonchev–Trinajstić information content (AvgIpc) is 3.38. The van der Waals surface area contributed by atoms with Gasteiger partial charge in [0.25, 0.3) is 0 Å². The molecule has 1 aliphatic carbocycles. The molecular weight excluding hydrogens is 344 g/mol. The van der Waals surface area contributed by atoms with Crippen molar-refractivity contribution in [3.63, 3.8) is 0 Å². The number of hydrogen-bond acceptors (Lipinski definition) is 3. The molecule has 1 aliphatic rings. The summed E-state index contributed by atoms with van der Waals surface area (Å²) < 4.78 is 0. The maximum absolute atomic E-state index is 13.0. The number of amides is 2. The molecule has 0 spiro atoms. The zero-order valence-electron chi connectivity index (χ0n) is 15.3. The Labute approximate surface area is 159 Å². The third-order valence-electron chi connectivity index (χ3n) is 4.55. The van der Waals surface area contributed by atoms with Crippen LogP contribution in [0.3, 0.4) is 0 Å². The van der Waals surface area contributed by atoms with Crippen LogP contribution < -0.4 is 0 Å². The summed E-state index contributed by atoms with van der Waals surface area (Å²) in [6, 6.07) is 14.1. The highest BCUT2D eigenvalue weighted by Crippen LogP contribution is 2.31. The second-order valence-electron chi connectivity index (χ2n) is 6.85. The summed E-state index contributed by atoms with van der Waals surface area (Å²) in [5, 5.41) is 2.03. The molecule has 26 heavy (non-hydrogen) atoms. The SMILES string of the molecule is CCCN(CC(=O)N(Cc1ccccc1)Cc1cccs1)C(=O)C1CC1. The first kappa shape index (κ1) is 18.6. The van der Waals surface area contributed by atoms with Crippen molar-refractivity contribution in [2.24, 2.45) is 5.92 Å². The van der Waals surface area contributed by atoms with E-state index in [4.69, 9.17) is 0 Å². The van der Waals surface area contributed by atoms with Crippen LogP contribution in [0.1, 0.15) is 36.6 Å². The molecule has 138 valence electrons. The number of carbonyl (C=O) groups excluding carboxylic acids is 2. The van der Waals surface area contributed by atoms with E-state index < -0.39 is 0 Å². The topological polar surface area (TPSA) is 40.6 Å². The van der Waals surface area contributed by atoms with Crippen molar-refractivity contribution in [2.75, 3.05) is 13.1 Å². The maximum atomic E-state index is 13.0. The van der Waals surface area contributed by atoms with Gasteiger partial charge in [0.1, 0.15) is 0 Å². The Kier molecular flexibility index (Phi) is 6.45. The van der Waals surface area contributed by atoms with E-state index in [2.05, 4.69) is 6.07 Å². The zero-order valence-corrected chi connectivity index (χ0v) is 16.1. The van der Waals surface area contributed by atoms with E-state index >= 15 is 0 Å². The van der Waals surface area contributed by atoms with Crippen molar-refractivity contribution in [1.29, 1.82) is 0 Å². The second kappa shape index (κ2) is 8.99. The molecule has 0 atom stereocenters. The minimum Gasteiger partial charge on any atom is -0.333 e. The molecular formula is C21H26N2O2S. The number of benzene rings is 1. The molecule has 1 aromatic carbocycles. The Bertz CT molecular complexity index is 711. The lowest BCUT2D eigenvalue weighted by Crippen LogP contribution is -2.43. The van der Waals surface area contributed by atoms with Crippen LogP contribution in [0.5, 0.6) is 0 Å². The highest BCUT2D eigenvalue weighted by Gasteiger charge is 2.34. The van der Waals surface area contributed by atoms with Gasteiger partial charge in [0.2, 0.25) is 11.8 Å². The summed E-state index contributed by atoms with van der Waals surface area (Å²) in [4.78, 5) is 30.3. The molecule has 2 amide bonds. The van der Waals surface area contributed by atoms with Gasteiger partial charge in [-0.15, -0.1) is 11.3 Å². The van der Waals surface area contributed by atoms with Gasteiger partial charge >= 0.3 is 0 Å². The Balaban J connectivity index is 1.71. The smallest absolute Gasteiger partial charge is 0.242 e. The Morgan fingerprint density at radius 1 is 1.04 bits per heavy atom. The van der Waals surface area contributed by atoms with Crippen molar-refractivity contribution in [1.82, 2.24) is 9.80 Å². The monoisotopic (exact) mass is 370 g/mol. The van der Waals surface area contributed by atoms with Crippen molar-refractivity contribution in [3.8, 4) is 0 Å². The normalized spacial score (nSPS) is 13.4. The molecule has 0 radical (unpaired) electrons. The van der Waals surface area contributed by atoms with Crippen molar-refractivity contribution >= 4 is 23.2 Å². The standard InChI is InChI=1S/C21H26N2O2S/c1-2-12-22(21(25)18-10-11-18)16-20(24)23(15-19-9-6-13-26-19)14-17-7-4-3-5-8-17/h3-9,13,18H,2,10-12,14-16H2,1H3. The van der Waals surface area contributed by atoms with Crippen LogP contribution in [0.25, 0.3) is 0 Å². The van der Waals surface area contributed by atoms with E-state index in [1.165, 1.54) is 0 Å². The number of hydrogen-bond donors (Lipinski definition) is 0. The highest BCUT2D eigenvalue weighted by molar-refractivity contribution is 7.09. The van der Waals surface area contributed by atoms with Crippen molar-refractivity contribution in [3.05, 3.63) is 58.3 Å². The summed E-state index contributed by atoms with van der Waals surface area (Å²) in [7, 11) is 0. The van der Waals surface area contributed by atoms with Crippen LogP contribution in [-0.2, 0) is 22.7 Å². The molecule has 1 heterocycles. The van der Waals surface area contributed by atoms with Gasteiger partial charge in [-0.3, -0.25) is 9.59 Å². The van der Waals surface area contributed by atoms with Gasteiger partial charge < -0.3 is 9.80 Å². The van der Waals surface area contributed by atoms with E-state index in [0.717, 1.165) is 29.7 Å². The van der Waals surface area contributed by atoms with Gasteiger partial charge in [-0.25, -0.2) is 0 Å². The lowest BCUT2D eigenvalue weighted by atomic mass is 10.2. The molecule has 0 N–H and O–H groups in total. The molecule has 1 aromatic heterocycles. The van der Waals surface area contributed by atoms with Crippen LogP contribution in [-0.4, -0.2) is 34.7 Å². The van der Waals surface area contributed by atoms with Gasteiger partial charge in [0.15, 0.2) is 0 Å². The summed E-state index contributed by atoms with van der Waals surface area (Å²) in [6.45, 7) is 4.03. The van der Waals surface area contributed by atoms with Crippen LogP contribution in [0.15, 0.2) is 47.8 Å². The molecule has 0 bridgehead atoms. The minimum absolute atomic E-state index is 0.0182. The highest BCUT2D eigenvalue weighted by atomic mass is 32.1.